The molecule has 0 aliphatic heterocycles. The van der Waals surface area contributed by atoms with Crippen molar-refractivity contribution in [3.63, 3.8) is 0 Å². The predicted octanol–water partition coefficient (Wildman–Crippen LogP) is 2.22. The maximum absolute atomic E-state index is 12.1. The number of anilines is 1. The summed E-state index contributed by atoms with van der Waals surface area (Å²) in [5.41, 5.74) is 0.318. The average Bonchev–Trinajstić information content (AvgIpc) is 2.97. The smallest absolute Gasteiger partial charge is 0.350 e. The third-order valence-electron chi connectivity index (χ3n) is 3.03. The van der Waals surface area contributed by atoms with Crippen LogP contribution in [0.1, 0.15) is 35.4 Å². The van der Waals surface area contributed by atoms with E-state index in [2.05, 4.69) is 9.46 Å². The predicted molar refractivity (Wildman–Crippen MR) is 70.5 cm³/mol. The van der Waals surface area contributed by atoms with Gasteiger partial charge in [-0.2, -0.15) is 0 Å². The lowest BCUT2D eigenvalue weighted by molar-refractivity contribution is 0.0607. The standard InChI is InChI=1S/C11H15NO4S2/c1-16-11(13)10-9(6-7-17-10)12-18(14,15)8-4-2-3-5-8/h6-8,12H,2-5H2,1H3. The molecule has 1 heterocycles. The fourth-order valence-electron chi connectivity index (χ4n) is 2.08. The Morgan fingerprint density at radius 2 is 2.11 bits per heavy atom. The van der Waals surface area contributed by atoms with Gasteiger partial charge in [0.2, 0.25) is 10.0 Å². The molecule has 0 spiro atoms. The number of ether oxygens (including phenoxy) is 1. The molecule has 100 valence electrons. The Labute approximate surface area is 110 Å². The van der Waals surface area contributed by atoms with Crippen LogP contribution in [0.3, 0.4) is 0 Å². The van der Waals surface area contributed by atoms with E-state index in [1.807, 2.05) is 0 Å². The van der Waals surface area contributed by atoms with Gasteiger partial charge in [-0.05, 0) is 24.3 Å². The molecule has 18 heavy (non-hydrogen) atoms. The first-order valence-corrected chi connectivity index (χ1v) is 8.14. The van der Waals surface area contributed by atoms with Crippen molar-refractivity contribution in [2.24, 2.45) is 0 Å². The fourth-order valence-corrected chi connectivity index (χ4v) is 4.50. The molecule has 0 unspecified atom stereocenters. The summed E-state index contributed by atoms with van der Waals surface area (Å²) in [5, 5.41) is 1.32. The number of nitrogens with one attached hydrogen (secondary N) is 1. The minimum atomic E-state index is -3.40. The second-order valence-electron chi connectivity index (χ2n) is 4.21. The largest absolute Gasteiger partial charge is 0.465 e. The third kappa shape index (κ3) is 2.67. The molecule has 7 heteroatoms. The number of sulfonamides is 1. The maximum Gasteiger partial charge on any atom is 0.350 e. The van der Waals surface area contributed by atoms with Crippen molar-refractivity contribution in [1.82, 2.24) is 0 Å². The third-order valence-corrected chi connectivity index (χ3v) is 5.78. The van der Waals surface area contributed by atoms with E-state index in [9.17, 15) is 13.2 Å². The van der Waals surface area contributed by atoms with Gasteiger partial charge in [0.15, 0.2) is 0 Å². The molecule has 0 amide bonds. The first kappa shape index (κ1) is 13.4. The van der Waals surface area contributed by atoms with Gasteiger partial charge in [-0.25, -0.2) is 13.2 Å². The minimum Gasteiger partial charge on any atom is -0.465 e. The van der Waals surface area contributed by atoms with Gasteiger partial charge in [-0.15, -0.1) is 11.3 Å². The number of carbonyl (C=O) groups excluding carboxylic acids is 1. The Balaban J connectivity index is 2.18. The summed E-state index contributed by atoms with van der Waals surface area (Å²) in [6.07, 6.45) is 3.26. The monoisotopic (exact) mass is 289 g/mol. The first-order chi connectivity index (χ1) is 8.54. The highest BCUT2D eigenvalue weighted by atomic mass is 32.2. The molecule has 0 saturated heterocycles. The fraction of sp³-hybridized carbons (Fsp3) is 0.545. The van der Waals surface area contributed by atoms with Crippen LogP contribution in [-0.4, -0.2) is 26.7 Å². The Morgan fingerprint density at radius 1 is 1.44 bits per heavy atom. The summed E-state index contributed by atoms with van der Waals surface area (Å²) in [5.74, 6) is -0.519. The minimum absolute atomic E-state index is 0.291. The summed E-state index contributed by atoms with van der Waals surface area (Å²) in [7, 11) is -2.12. The van der Waals surface area contributed by atoms with Crippen molar-refractivity contribution in [3.8, 4) is 0 Å². The Hall–Kier alpha value is -1.08. The summed E-state index contributed by atoms with van der Waals surface area (Å²) < 4.78 is 31.3. The Kier molecular flexibility index (Phi) is 3.91. The van der Waals surface area contributed by atoms with Crippen molar-refractivity contribution in [2.75, 3.05) is 11.8 Å². The number of carbonyl (C=O) groups is 1. The van der Waals surface area contributed by atoms with Crippen molar-refractivity contribution in [3.05, 3.63) is 16.3 Å². The van der Waals surface area contributed by atoms with E-state index >= 15 is 0 Å². The second-order valence-corrected chi connectivity index (χ2v) is 7.09. The number of thiophene rings is 1. The van der Waals surface area contributed by atoms with Gasteiger partial charge < -0.3 is 4.74 Å². The molecule has 1 N–H and O–H groups in total. The van der Waals surface area contributed by atoms with Gasteiger partial charge >= 0.3 is 5.97 Å². The number of esters is 1. The van der Waals surface area contributed by atoms with Crippen LogP contribution >= 0.6 is 11.3 Å². The quantitative estimate of drug-likeness (QED) is 0.863. The molecule has 0 bridgehead atoms. The zero-order chi connectivity index (χ0) is 13.2. The van der Waals surface area contributed by atoms with Crippen molar-refractivity contribution >= 4 is 33.0 Å². The molecule has 0 atom stereocenters. The lowest BCUT2D eigenvalue weighted by Gasteiger charge is -2.13. The maximum atomic E-state index is 12.1. The van der Waals surface area contributed by atoms with Gasteiger partial charge in [-0.1, -0.05) is 12.8 Å². The molecule has 0 aromatic carbocycles. The SMILES string of the molecule is COC(=O)c1sccc1NS(=O)(=O)C1CCCC1. The number of methoxy groups -OCH3 is 1. The summed E-state index contributed by atoms with van der Waals surface area (Å²) in [6, 6.07) is 1.59. The molecule has 0 radical (unpaired) electrons. The highest BCUT2D eigenvalue weighted by molar-refractivity contribution is 7.93. The number of rotatable bonds is 4. The van der Waals surface area contributed by atoms with Crippen LogP contribution in [-0.2, 0) is 14.8 Å². The van der Waals surface area contributed by atoms with Crippen LogP contribution in [0.25, 0.3) is 0 Å². The molecule has 5 nitrogen and oxygen atoms in total. The van der Waals surface area contributed by atoms with E-state index in [0.29, 0.717) is 23.4 Å². The summed E-state index contributed by atoms with van der Waals surface area (Å²) >= 11 is 1.16. The van der Waals surface area contributed by atoms with Crippen LogP contribution in [0.2, 0.25) is 0 Å². The van der Waals surface area contributed by atoms with Gasteiger partial charge in [-0.3, -0.25) is 4.72 Å². The Morgan fingerprint density at radius 3 is 2.72 bits per heavy atom. The van der Waals surface area contributed by atoms with E-state index in [0.717, 1.165) is 24.2 Å². The molecule has 1 aliphatic carbocycles. The molecule has 1 aromatic rings. The van der Waals surface area contributed by atoms with Crippen LogP contribution in [0, 0.1) is 0 Å². The molecular weight excluding hydrogens is 274 g/mol. The summed E-state index contributed by atoms with van der Waals surface area (Å²) in [6.45, 7) is 0. The highest BCUT2D eigenvalue weighted by Crippen LogP contribution is 2.29. The number of hydrogen-bond donors (Lipinski definition) is 1. The second kappa shape index (κ2) is 5.27. The molecule has 2 rings (SSSR count). The zero-order valence-corrected chi connectivity index (χ0v) is 11.6. The van der Waals surface area contributed by atoms with Gasteiger partial charge in [0.25, 0.3) is 0 Å². The van der Waals surface area contributed by atoms with Crippen molar-refractivity contribution in [2.45, 2.75) is 30.9 Å². The van der Waals surface area contributed by atoms with Crippen LogP contribution in [0.15, 0.2) is 11.4 Å². The van der Waals surface area contributed by atoms with Crippen molar-refractivity contribution in [1.29, 1.82) is 0 Å². The lowest BCUT2D eigenvalue weighted by atomic mass is 10.4. The van der Waals surface area contributed by atoms with Gasteiger partial charge in [0.1, 0.15) is 4.88 Å². The van der Waals surface area contributed by atoms with Gasteiger partial charge in [0, 0.05) is 0 Å². The highest BCUT2D eigenvalue weighted by Gasteiger charge is 2.30. The van der Waals surface area contributed by atoms with Crippen LogP contribution < -0.4 is 4.72 Å². The average molecular weight is 289 g/mol. The lowest BCUT2D eigenvalue weighted by Crippen LogP contribution is -2.25. The van der Waals surface area contributed by atoms with E-state index in [4.69, 9.17) is 0 Å². The topological polar surface area (TPSA) is 72.5 Å². The zero-order valence-electron chi connectivity index (χ0n) is 10.0. The summed E-state index contributed by atoms with van der Waals surface area (Å²) in [4.78, 5) is 11.7. The van der Waals surface area contributed by atoms with Crippen molar-refractivity contribution < 1.29 is 17.9 Å². The molecular formula is C11H15NO4S2. The molecule has 1 aromatic heterocycles. The molecule has 1 fully saturated rings. The Bertz CT molecular complexity index is 529. The molecule has 1 saturated carbocycles. The normalized spacial score (nSPS) is 16.7. The van der Waals surface area contributed by atoms with Gasteiger partial charge in [0.05, 0.1) is 18.0 Å². The number of hydrogen-bond acceptors (Lipinski definition) is 5. The van der Waals surface area contributed by atoms with Crippen LogP contribution in [0.5, 0.6) is 0 Å². The van der Waals surface area contributed by atoms with E-state index in [-0.39, 0.29) is 5.25 Å². The first-order valence-electron chi connectivity index (χ1n) is 5.72. The van der Waals surface area contributed by atoms with Crippen LogP contribution in [0.4, 0.5) is 5.69 Å². The van der Waals surface area contributed by atoms with E-state index < -0.39 is 16.0 Å². The molecule has 1 aliphatic rings. The van der Waals surface area contributed by atoms with E-state index in [1.54, 1.807) is 11.4 Å². The van der Waals surface area contributed by atoms with E-state index in [1.165, 1.54) is 7.11 Å².